The molecular formula is C18H19N3O3. The van der Waals surface area contributed by atoms with Gasteiger partial charge in [-0.05, 0) is 29.7 Å². The highest BCUT2D eigenvalue weighted by atomic mass is 16.5. The fourth-order valence-corrected chi connectivity index (χ4v) is 2.94. The molecule has 24 heavy (non-hydrogen) atoms. The normalized spacial score (nSPS) is 16.2. The summed E-state index contributed by atoms with van der Waals surface area (Å²) in [5.41, 5.74) is 2.68. The molecule has 0 saturated carbocycles. The van der Waals surface area contributed by atoms with Gasteiger partial charge in [0, 0.05) is 12.7 Å². The molecule has 3 rings (SSSR count). The van der Waals surface area contributed by atoms with E-state index in [2.05, 4.69) is 10.3 Å². The number of aromatic nitrogens is 1. The third kappa shape index (κ3) is 3.22. The Morgan fingerprint density at radius 3 is 2.79 bits per heavy atom. The molecule has 2 amide bonds. The van der Waals surface area contributed by atoms with Crippen molar-refractivity contribution in [2.24, 2.45) is 0 Å². The summed E-state index contributed by atoms with van der Waals surface area (Å²) in [6, 6.07) is 12.5. The molecular weight excluding hydrogens is 306 g/mol. The van der Waals surface area contributed by atoms with E-state index in [0.717, 1.165) is 16.8 Å². The quantitative estimate of drug-likeness (QED) is 0.938. The minimum atomic E-state index is -0.689. The van der Waals surface area contributed by atoms with Gasteiger partial charge in [-0.15, -0.1) is 0 Å². The average molecular weight is 325 g/mol. The van der Waals surface area contributed by atoms with Gasteiger partial charge in [0.05, 0.1) is 19.3 Å². The third-order valence-electron chi connectivity index (χ3n) is 4.11. The molecule has 0 fully saturated rings. The van der Waals surface area contributed by atoms with Gasteiger partial charge in [-0.25, -0.2) is 4.79 Å². The van der Waals surface area contributed by atoms with Crippen LogP contribution in [0.3, 0.4) is 0 Å². The van der Waals surface area contributed by atoms with Gasteiger partial charge >= 0.3 is 6.09 Å². The van der Waals surface area contributed by atoms with E-state index >= 15 is 0 Å². The van der Waals surface area contributed by atoms with Crippen LogP contribution in [-0.4, -0.2) is 35.5 Å². The number of hydrogen-bond acceptors (Lipinski definition) is 4. The third-order valence-corrected chi connectivity index (χ3v) is 4.11. The van der Waals surface area contributed by atoms with E-state index in [9.17, 15) is 9.59 Å². The molecule has 124 valence electrons. The van der Waals surface area contributed by atoms with Crippen molar-refractivity contribution in [2.75, 3.05) is 13.7 Å². The average Bonchev–Trinajstić information content (AvgIpc) is 2.65. The van der Waals surface area contributed by atoms with E-state index in [1.54, 1.807) is 6.20 Å². The molecule has 6 heteroatoms. The monoisotopic (exact) mass is 325 g/mol. The standard InChI is InChI=1S/C18H19N3O3/c1-24-18(23)21-11-9-13-6-2-3-8-15(13)16(21)17(22)20-12-14-7-4-5-10-19-14/h2-8,10,16H,9,11-12H2,1H3,(H,20,22). The Morgan fingerprint density at radius 1 is 1.25 bits per heavy atom. The Bertz CT molecular complexity index is 733. The zero-order valence-corrected chi connectivity index (χ0v) is 13.4. The summed E-state index contributed by atoms with van der Waals surface area (Å²) in [6.45, 7) is 0.763. The van der Waals surface area contributed by atoms with Gasteiger partial charge in [0.15, 0.2) is 0 Å². The van der Waals surface area contributed by atoms with Gasteiger partial charge in [-0.3, -0.25) is 14.7 Å². The highest BCUT2D eigenvalue weighted by Crippen LogP contribution is 2.30. The van der Waals surface area contributed by atoms with E-state index in [0.29, 0.717) is 19.5 Å². The van der Waals surface area contributed by atoms with Crippen LogP contribution in [-0.2, 0) is 22.5 Å². The molecule has 1 aromatic carbocycles. The molecule has 1 aromatic heterocycles. The molecule has 6 nitrogen and oxygen atoms in total. The Balaban J connectivity index is 1.83. The first-order valence-electron chi connectivity index (χ1n) is 7.80. The molecule has 1 unspecified atom stereocenters. The summed E-state index contributed by atoms with van der Waals surface area (Å²) in [4.78, 5) is 30.5. The highest BCUT2D eigenvalue weighted by molar-refractivity contribution is 5.87. The first-order chi connectivity index (χ1) is 11.7. The van der Waals surface area contributed by atoms with Crippen LogP contribution in [0.15, 0.2) is 48.7 Å². The first kappa shape index (κ1) is 16.0. The fourth-order valence-electron chi connectivity index (χ4n) is 2.94. The Kier molecular flexibility index (Phi) is 4.74. The number of nitrogens with one attached hydrogen (secondary N) is 1. The van der Waals surface area contributed by atoms with Gasteiger partial charge in [-0.1, -0.05) is 30.3 Å². The summed E-state index contributed by atoms with van der Waals surface area (Å²) in [7, 11) is 1.33. The molecule has 1 aliphatic rings. The lowest BCUT2D eigenvalue weighted by atomic mass is 9.92. The number of nitrogens with zero attached hydrogens (tertiary/aromatic N) is 2. The molecule has 0 radical (unpaired) electrons. The Morgan fingerprint density at radius 2 is 2.04 bits per heavy atom. The maximum absolute atomic E-state index is 12.8. The fraction of sp³-hybridized carbons (Fsp3) is 0.278. The maximum atomic E-state index is 12.8. The summed E-state index contributed by atoms with van der Waals surface area (Å²) in [6.07, 6.45) is 1.88. The highest BCUT2D eigenvalue weighted by Gasteiger charge is 2.36. The van der Waals surface area contributed by atoms with Crippen molar-refractivity contribution in [3.63, 3.8) is 0 Å². The van der Waals surface area contributed by atoms with Crippen LogP contribution in [0.5, 0.6) is 0 Å². The van der Waals surface area contributed by atoms with Crippen LogP contribution in [0, 0.1) is 0 Å². The zero-order valence-electron chi connectivity index (χ0n) is 13.4. The van der Waals surface area contributed by atoms with Crippen molar-refractivity contribution in [1.82, 2.24) is 15.2 Å². The summed E-state index contributed by atoms with van der Waals surface area (Å²) >= 11 is 0. The van der Waals surface area contributed by atoms with E-state index in [-0.39, 0.29) is 5.91 Å². The largest absolute Gasteiger partial charge is 0.453 e. The molecule has 0 bridgehead atoms. The number of benzene rings is 1. The molecule has 2 aromatic rings. The summed E-state index contributed by atoms with van der Waals surface area (Å²) in [5, 5.41) is 2.87. The van der Waals surface area contributed by atoms with E-state index in [1.807, 2.05) is 42.5 Å². The second kappa shape index (κ2) is 7.12. The number of carbonyl (C=O) groups is 2. The number of hydrogen-bond donors (Lipinski definition) is 1. The van der Waals surface area contributed by atoms with Crippen molar-refractivity contribution >= 4 is 12.0 Å². The van der Waals surface area contributed by atoms with Crippen molar-refractivity contribution in [2.45, 2.75) is 19.0 Å². The van der Waals surface area contributed by atoms with Gasteiger partial charge < -0.3 is 10.1 Å². The lowest BCUT2D eigenvalue weighted by Gasteiger charge is -2.35. The smallest absolute Gasteiger partial charge is 0.410 e. The molecule has 2 heterocycles. The van der Waals surface area contributed by atoms with E-state index in [1.165, 1.54) is 12.0 Å². The Hall–Kier alpha value is -2.89. The molecule has 1 N–H and O–H groups in total. The SMILES string of the molecule is COC(=O)N1CCc2ccccc2C1C(=O)NCc1ccccn1. The first-order valence-corrected chi connectivity index (χ1v) is 7.80. The number of carbonyl (C=O) groups excluding carboxylic acids is 2. The van der Waals surface area contributed by atoms with E-state index < -0.39 is 12.1 Å². The predicted octanol–water partition coefficient (Wildman–Crippen LogP) is 2.06. The maximum Gasteiger partial charge on any atom is 0.410 e. The van der Waals surface area contributed by atoms with Crippen molar-refractivity contribution < 1.29 is 14.3 Å². The van der Waals surface area contributed by atoms with Gasteiger partial charge in [-0.2, -0.15) is 0 Å². The van der Waals surface area contributed by atoms with Gasteiger partial charge in [0.1, 0.15) is 6.04 Å². The van der Waals surface area contributed by atoms with Crippen LogP contribution in [0.1, 0.15) is 22.9 Å². The van der Waals surface area contributed by atoms with Crippen molar-refractivity contribution in [3.8, 4) is 0 Å². The van der Waals surface area contributed by atoms with Crippen LogP contribution < -0.4 is 5.32 Å². The Labute approximate surface area is 140 Å². The van der Waals surface area contributed by atoms with Crippen LogP contribution >= 0.6 is 0 Å². The molecule has 1 atom stereocenters. The summed E-state index contributed by atoms with van der Waals surface area (Å²) < 4.78 is 4.84. The van der Waals surface area contributed by atoms with Crippen molar-refractivity contribution in [1.29, 1.82) is 0 Å². The number of ether oxygens (including phenoxy) is 1. The topological polar surface area (TPSA) is 71.5 Å². The van der Waals surface area contributed by atoms with Gasteiger partial charge in [0.25, 0.3) is 0 Å². The molecule has 0 spiro atoms. The summed E-state index contributed by atoms with van der Waals surface area (Å²) in [5.74, 6) is -0.238. The van der Waals surface area contributed by atoms with Gasteiger partial charge in [0.2, 0.25) is 5.91 Å². The minimum absolute atomic E-state index is 0.238. The molecule has 1 aliphatic heterocycles. The number of rotatable bonds is 3. The number of amides is 2. The molecule has 0 aliphatic carbocycles. The second-order valence-electron chi connectivity index (χ2n) is 5.55. The number of fused-ring (bicyclic) bond motifs is 1. The lowest BCUT2D eigenvalue weighted by Crippen LogP contribution is -2.47. The lowest BCUT2D eigenvalue weighted by molar-refractivity contribution is -0.126. The minimum Gasteiger partial charge on any atom is -0.453 e. The molecule has 0 saturated heterocycles. The van der Waals surface area contributed by atoms with Crippen molar-refractivity contribution in [3.05, 3.63) is 65.5 Å². The van der Waals surface area contributed by atoms with E-state index in [4.69, 9.17) is 4.74 Å². The number of pyridine rings is 1. The zero-order chi connectivity index (χ0) is 16.9. The van der Waals surface area contributed by atoms with Crippen LogP contribution in [0.2, 0.25) is 0 Å². The predicted molar refractivity (Wildman–Crippen MR) is 88.1 cm³/mol. The van der Waals surface area contributed by atoms with Crippen LogP contribution in [0.25, 0.3) is 0 Å². The second-order valence-corrected chi connectivity index (χ2v) is 5.55. The number of methoxy groups -OCH3 is 1. The van der Waals surface area contributed by atoms with Crippen LogP contribution in [0.4, 0.5) is 4.79 Å².